The molecule has 1 atom stereocenters. The van der Waals surface area contributed by atoms with Crippen molar-refractivity contribution >= 4 is 10.0 Å². The fourth-order valence-corrected chi connectivity index (χ4v) is 5.68. The molecule has 0 spiro atoms. The summed E-state index contributed by atoms with van der Waals surface area (Å²) < 4.78 is 35.2. The van der Waals surface area contributed by atoms with Gasteiger partial charge in [-0.1, -0.05) is 19.1 Å². The number of ether oxygens (including phenoxy) is 1. The first-order valence-corrected chi connectivity index (χ1v) is 11.4. The zero-order chi connectivity index (χ0) is 18.9. The van der Waals surface area contributed by atoms with Gasteiger partial charge in [0.2, 0.25) is 10.0 Å². The van der Waals surface area contributed by atoms with Crippen molar-refractivity contribution in [1.82, 2.24) is 13.9 Å². The third-order valence-electron chi connectivity index (χ3n) is 5.61. The molecule has 2 aliphatic heterocycles. The van der Waals surface area contributed by atoms with Crippen molar-refractivity contribution in [2.24, 2.45) is 0 Å². The van der Waals surface area contributed by atoms with Crippen LogP contribution in [0.3, 0.4) is 0 Å². The lowest BCUT2D eigenvalue weighted by Crippen LogP contribution is -2.42. The number of aryl methyl sites for hydroxylation is 2. The minimum Gasteiger partial charge on any atom is -0.493 e. The first-order chi connectivity index (χ1) is 13.1. The number of fused-ring (bicyclic) bond motifs is 1. The van der Waals surface area contributed by atoms with Crippen LogP contribution in [0.4, 0.5) is 0 Å². The molecular weight excluding hydrogens is 362 g/mol. The molecular formula is C20H27N3O3S. The molecule has 6 nitrogen and oxygen atoms in total. The SMILES string of the molecule is CCc1nccn1C1CCCN(S(=O)(=O)CCc2ccc3c(c2)CCO3)C1. The summed E-state index contributed by atoms with van der Waals surface area (Å²) >= 11 is 0. The Morgan fingerprint density at radius 3 is 3.07 bits per heavy atom. The average Bonchev–Trinajstić information content (AvgIpc) is 3.35. The first kappa shape index (κ1) is 18.5. The number of hydrogen-bond acceptors (Lipinski definition) is 4. The van der Waals surface area contributed by atoms with Gasteiger partial charge in [-0.25, -0.2) is 13.4 Å². The lowest BCUT2D eigenvalue weighted by atomic mass is 10.1. The number of piperidine rings is 1. The highest BCUT2D eigenvalue weighted by molar-refractivity contribution is 7.89. The summed E-state index contributed by atoms with van der Waals surface area (Å²) in [5.41, 5.74) is 2.26. The van der Waals surface area contributed by atoms with Crippen LogP contribution < -0.4 is 4.74 Å². The van der Waals surface area contributed by atoms with Gasteiger partial charge in [-0.2, -0.15) is 4.31 Å². The summed E-state index contributed by atoms with van der Waals surface area (Å²) in [7, 11) is -3.27. The Bertz CT molecular complexity index is 907. The number of sulfonamides is 1. The van der Waals surface area contributed by atoms with Crippen molar-refractivity contribution in [3.63, 3.8) is 0 Å². The van der Waals surface area contributed by atoms with Gasteiger partial charge in [-0.05, 0) is 36.5 Å². The summed E-state index contributed by atoms with van der Waals surface area (Å²) in [6.45, 7) is 3.97. The van der Waals surface area contributed by atoms with Gasteiger partial charge in [0, 0.05) is 44.4 Å². The average molecular weight is 390 g/mol. The lowest BCUT2D eigenvalue weighted by molar-refractivity contribution is 0.263. The van der Waals surface area contributed by atoms with E-state index in [4.69, 9.17) is 4.74 Å². The highest BCUT2D eigenvalue weighted by Crippen LogP contribution is 2.27. The van der Waals surface area contributed by atoms with E-state index in [1.807, 2.05) is 24.5 Å². The second-order valence-corrected chi connectivity index (χ2v) is 9.45. The Hall–Kier alpha value is -1.86. The minimum absolute atomic E-state index is 0.157. The molecule has 7 heteroatoms. The van der Waals surface area contributed by atoms with Crippen LogP contribution in [-0.2, 0) is 29.3 Å². The van der Waals surface area contributed by atoms with E-state index < -0.39 is 10.0 Å². The summed E-state index contributed by atoms with van der Waals surface area (Å²) in [6.07, 6.45) is 7.99. The van der Waals surface area contributed by atoms with E-state index in [-0.39, 0.29) is 11.8 Å². The van der Waals surface area contributed by atoms with Crippen LogP contribution in [0, 0.1) is 0 Å². The molecule has 146 valence electrons. The summed E-state index contributed by atoms with van der Waals surface area (Å²) in [6, 6.07) is 6.23. The summed E-state index contributed by atoms with van der Waals surface area (Å²) in [5.74, 6) is 2.12. The van der Waals surface area contributed by atoms with Gasteiger partial charge in [0.1, 0.15) is 11.6 Å². The van der Waals surface area contributed by atoms with Crippen molar-refractivity contribution in [1.29, 1.82) is 0 Å². The van der Waals surface area contributed by atoms with Gasteiger partial charge >= 0.3 is 0 Å². The van der Waals surface area contributed by atoms with Crippen LogP contribution in [0.5, 0.6) is 5.75 Å². The Labute approximate surface area is 161 Å². The zero-order valence-corrected chi connectivity index (χ0v) is 16.6. The first-order valence-electron chi connectivity index (χ1n) is 9.81. The van der Waals surface area contributed by atoms with E-state index in [1.54, 1.807) is 4.31 Å². The molecule has 3 heterocycles. The third kappa shape index (κ3) is 3.89. The predicted octanol–water partition coefficient (Wildman–Crippen LogP) is 2.59. The number of aromatic nitrogens is 2. The lowest BCUT2D eigenvalue weighted by Gasteiger charge is -2.33. The second kappa shape index (κ2) is 7.64. The molecule has 0 saturated carbocycles. The van der Waals surface area contributed by atoms with Crippen molar-refractivity contribution in [3.8, 4) is 5.75 Å². The van der Waals surface area contributed by atoms with E-state index in [2.05, 4.69) is 22.5 Å². The fraction of sp³-hybridized carbons (Fsp3) is 0.550. The van der Waals surface area contributed by atoms with Crippen molar-refractivity contribution in [2.75, 3.05) is 25.4 Å². The highest BCUT2D eigenvalue weighted by atomic mass is 32.2. The van der Waals surface area contributed by atoms with Gasteiger partial charge in [-0.3, -0.25) is 0 Å². The number of hydrogen-bond donors (Lipinski definition) is 0. The third-order valence-corrected chi connectivity index (χ3v) is 7.45. The van der Waals surface area contributed by atoms with E-state index in [1.165, 1.54) is 5.56 Å². The molecule has 27 heavy (non-hydrogen) atoms. The zero-order valence-electron chi connectivity index (χ0n) is 15.8. The van der Waals surface area contributed by atoms with Crippen LogP contribution >= 0.6 is 0 Å². The smallest absolute Gasteiger partial charge is 0.214 e. The molecule has 0 amide bonds. The largest absolute Gasteiger partial charge is 0.493 e. The van der Waals surface area contributed by atoms with Crippen molar-refractivity contribution in [3.05, 3.63) is 47.5 Å². The maximum atomic E-state index is 12.9. The Morgan fingerprint density at radius 1 is 1.33 bits per heavy atom. The van der Waals surface area contributed by atoms with E-state index in [0.29, 0.717) is 19.5 Å². The normalized spacial score (nSPS) is 20.4. The van der Waals surface area contributed by atoms with Crippen LogP contribution in [-0.4, -0.2) is 47.7 Å². The van der Waals surface area contributed by atoms with E-state index >= 15 is 0 Å². The van der Waals surface area contributed by atoms with Gasteiger partial charge in [0.25, 0.3) is 0 Å². The second-order valence-electron chi connectivity index (χ2n) is 7.36. The van der Waals surface area contributed by atoms with Crippen LogP contribution in [0.2, 0.25) is 0 Å². The molecule has 0 bridgehead atoms. The number of benzene rings is 1. The quantitative estimate of drug-likeness (QED) is 0.762. The Morgan fingerprint density at radius 2 is 2.22 bits per heavy atom. The van der Waals surface area contributed by atoms with Gasteiger partial charge in [-0.15, -0.1) is 0 Å². The molecule has 2 aliphatic rings. The molecule has 1 unspecified atom stereocenters. The van der Waals surface area contributed by atoms with E-state index in [9.17, 15) is 8.42 Å². The monoisotopic (exact) mass is 389 g/mol. The maximum absolute atomic E-state index is 12.9. The van der Waals surface area contributed by atoms with Crippen molar-refractivity contribution in [2.45, 2.75) is 45.1 Å². The molecule has 0 aliphatic carbocycles. The Kier molecular flexibility index (Phi) is 5.23. The van der Waals surface area contributed by atoms with Crippen LogP contribution in [0.15, 0.2) is 30.6 Å². The topological polar surface area (TPSA) is 64.4 Å². The summed E-state index contributed by atoms with van der Waals surface area (Å²) in [4.78, 5) is 4.39. The van der Waals surface area contributed by atoms with Gasteiger partial charge in [0.05, 0.1) is 12.4 Å². The van der Waals surface area contributed by atoms with Crippen molar-refractivity contribution < 1.29 is 13.2 Å². The number of nitrogens with zero attached hydrogens (tertiary/aromatic N) is 3. The molecule has 0 radical (unpaired) electrons. The molecule has 1 saturated heterocycles. The minimum atomic E-state index is -3.27. The van der Waals surface area contributed by atoms with Crippen LogP contribution in [0.1, 0.15) is 42.8 Å². The predicted molar refractivity (Wildman–Crippen MR) is 105 cm³/mol. The maximum Gasteiger partial charge on any atom is 0.214 e. The number of imidazole rings is 1. The molecule has 1 aromatic heterocycles. The molecule has 2 aromatic rings. The standard InChI is InChI=1S/C20H27N3O3S/c1-2-20-21-9-11-23(20)18-4-3-10-22(15-18)27(24,25)13-8-16-5-6-19-17(14-16)7-12-26-19/h5-6,9,11,14,18H,2-4,7-8,10,12-13,15H2,1H3. The molecule has 1 aromatic carbocycles. The van der Waals surface area contributed by atoms with Crippen LogP contribution in [0.25, 0.3) is 0 Å². The molecule has 1 fully saturated rings. The highest BCUT2D eigenvalue weighted by Gasteiger charge is 2.30. The summed E-state index contributed by atoms with van der Waals surface area (Å²) in [5, 5.41) is 0. The number of rotatable bonds is 6. The fourth-order valence-electron chi connectivity index (χ4n) is 4.12. The van der Waals surface area contributed by atoms with E-state index in [0.717, 1.165) is 49.4 Å². The van der Waals surface area contributed by atoms with Gasteiger partial charge in [0.15, 0.2) is 0 Å². The molecule has 4 rings (SSSR count). The molecule has 0 N–H and O–H groups in total. The van der Waals surface area contributed by atoms with Gasteiger partial charge < -0.3 is 9.30 Å². The Balaban J connectivity index is 1.42.